The zero-order chi connectivity index (χ0) is 18.8. The molecule has 27 heavy (non-hydrogen) atoms. The van der Waals surface area contributed by atoms with Crippen LogP contribution in [0.1, 0.15) is 30.1 Å². The van der Waals surface area contributed by atoms with Gasteiger partial charge in [0, 0.05) is 16.0 Å². The first-order valence-corrected chi connectivity index (χ1v) is 10.1. The van der Waals surface area contributed by atoms with Gasteiger partial charge in [0.25, 0.3) is 0 Å². The van der Waals surface area contributed by atoms with Crippen LogP contribution in [-0.2, 0) is 11.2 Å². The van der Waals surface area contributed by atoms with E-state index in [1.54, 1.807) is 6.07 Å². The molecule has 0 radical (unpaired) electrons. The molecule has 2 aromatic carbocycles. The van der Waals surface area contributed by atoms with Crippen LogP contribution in [0.4, 0.5) is 4.39 Å². The summed E-state index contributed by atoms with van der Waals surface area (Å²) >= 11 is 7.39. The van der Waals surface area contributed by atoms with Crippen molar-refractivity contribution < 1.29 is 9.18 Å². The van der Waals surface area contributed by atoms with Crippen LogP contribution in [0.3, 0.4) is 0 Å². The summed E-state index contributed by atoms with van der Waals surface area (Å²) in [5.74, 6) is 0.128. The minimum Gasteiger partial charge on any atom is -0.349 e. The van der Waals surface area contributed by atoms with Crippen LogP contribution in [-0.4, -0.2) is 10.9 Å². The van der Waals surface area contributed by atoms with Gasteiger partial charge in [-0.05, 0) is 48.6 Å². The number of halogens is 2. The average Bonchev–Trinajstić information content (AvgIpc) is 3.39. The number of carbonyl (C=O) groups excluding carboxylic acids is 1. The SMILES string of the molecule is O=C(Cc1csc(-c2cccc(F)c2)n1)N[C@@H](c1ccc(Cl)cc1)C1CC1. The summed E-state index contributed by atoms with van der Waals surface area (Å²) in [7, 11) is 0. The van der Waals surface area contributed by atoms with Gasteiger partial charge in [0.05, 0.1) is 18.2 Å². The second kappa shape index (κ2) is 7.79. The largest absolute Gasteiger partial charge is 0.349 e. The van der Waals surface area contributed by atoms with Gasteiger partial charge in [-0.2, -0.15) is 0 Å². The fourth-order valence-electron chi connectivity index (χ4n) is 3.10. The van der Waals surface area contributed by atoms with Gasteiger partial charge in [-0.3, -0.25) is 4.79 Å². The summed E-state index contributed by atoms with van der Waals surface area (Å²) in [6.07, 6.45) is 2.45. The Morgan fingerprint density at radius 2 is 2.04 bits per heavy atom. The van der Waals surface area contributed by atoms with Gasteiger partial charge >= 0.3 is 0 Å². The Kier molecular flexibility index (Phi) is 5.23. The maximum absolute atomic E-state index is 13.4. The molecule has 1 atom stereocenters. The van der Waals surface area contributed by atoms with Crippen LogP contribution in [0.15, 0.2) is 53.9 Å². The second-order valence-corrected chi connectivity index (χ2v) is 8.06. The Hall–Kier alpha value is -2.24. The Morgan fingerprint density at radius 1 is 1.26 bits per heavy atom. The molecular formula is C21H18ClFN2OS. The number of aromatic nitrogens is 1. The molecule has 1 heterocycles. The van der Waals surface area contributed by atoms with Crippen molar-refractivity contribution in [3.8, 4) is 10.6 Å². The van der Waals surface area contributed by atoms with E-state index in [9.17, 15) is 9.18 Å². The summed E-state index contributed by atoms with van der Waals surface area (Å²) in [4.78, 5) is 17.0. The summed E-state index contributed by atoms with van der Waals surface area (Å²) < 4.78 is 13.4. The number of benzene rings is 2. The third-order valence-corrected chi connectivity index (χ3v) is 5.80. The van der Waals surface area contributed by atoms with E-state index in [-0.39, 0.29) is 24.2 Å². The highest BCUT2D eigenvalue weighted by atomic mass is 35.5. The molecule has 0 spiro atoms. The number of carbonyl (C=O) groups is 1. The lowest BCUT2D eigenvalue weighted by atomic mass is 10.0. The highest BCUT2D eigenvalue weighted by Gasteiger charge is 2.33. The van der Waals surface area contributed by atoms with Crippen molar-refractivity contribution in [1.29, 1.82) is 0 Å². The molecule has 0 aliphatic heterocycles. The zero-order valence-electron chi connectivity index (χ0n) is 14.5. The Bertz CT molecular complexity index is 953. The predicted octanol–water partition coefficient (Wildman–Crippen LogP) is 5.41. The van der Waals surface area contributed by atoms with Crippen molar-refractivity contribution in [3.63, 3.8) is 0 Å². The monoisotopic (exact) mass is 400 g/mol. The molecule has 1 aliphatic carbocycles. The smallest absolute Gasteiger partial charge is 0.226 e. The number of nitrogens with zero attached hydrogens (tertiary/aromatic N) is 1. The van der Waals surface area contributed by atoms with Crippen LogP contribution in [0, 0.1) is 11.7 Å². The molecule has 1 saturated carbocycles. The lowest BCUT2D eigenvalue weighted by Crippen LogP contribution is -2.31. The van der Waals surface area contributed by atoms with Gasteiger partial charge in [-0.15, -0.1) is 11.3 Å². The molecular weight excluding hydrogens is 383 g/mol. The molecule has 1 aromatic heterocycles. The molecule has 0 unspecified atom stereocenters. The van der Waals surface area contributed by atoms with Gasteiger partial charge in [0.2, 0.25) is 5.91 Å². The molecule has 0 saturated heterocycles. The zero-order valence-corrected chi connectivity index (χ0v) is 16.1. The molecule has 138 valence electrons. The highest BCUT2D eigenvalue weighted by Crippen LogP contribution is 2.41. The molecule has 3 nitrogen and oxygen atoms in total. The minimum absolute atomic E-state index is 0.0103. The van der Waals surface area contributed by atoms with Crippen LogP contribution < -0.4 is 5.32 Å². The van der Waals surface area contributed by atoms with E-state index >= 15 is 0 Å². The molecule has 4 rings (SSSR count). The maximum Gasteiger partial charge on any atom is 0.226 e. The summed E-state index contributed by atoms with van der Waals surface area (Å²) in [5.41, 5.74) is 2.50. The Labute approximate surface area is 166 Å². The van der Waals surface area contributed by atoms with Crippen LogP contribution in [0.25, 0.3) is 10.6 Å². The third-order valence-electron chi connectivity index (χ3n) is 4.60. The Morgan fingerprint density at radius 3 is 2.74 bits per heavy atom. The van der Waals surface area contributed by atoms with Gasteiger partial charge in [0.1, 0.15) is 10.8 Å². The fraction of sp³-hybridized carbons (Fsp3) is 0.238. The van der Waals surface area contributed by atoms with Gasteiger partial charge in [-0.25, -0.2) is 9.37 Å². The highest BCUT2D eigenvalue weighted by molar-refractivity contribution is 7.13. The van der Waals surface area contributed by atoms with E-state index in [1.165, 1.54) is 23.5 Å². The fourth-order valence-corrected chi connectivity index (χ4v) is 4.05. The van der Waals surface area contributed by atoms with Crippen molar-refractivity contribution in [2.75, 3.05) is 0 Å². The van der Waals surface area contributed by atoms with E-state index in [1.807, 2.05) is 35.7 Å². The summed E-state index contributed by atoms with van der Waals surface area (Å²) in [5, 5.41) is 6.40. The normalized spacial score (nSPS) is 14.7. The van der Waals surface area contributed by atoms with Crippen molar-refractivity contribution in [3.05, 3.63) is 76.0 Å². The number of hydrogen-bond donors (Lipinski definition) is 1. The Balaban J connectivity index is 1.43. The number of hydrogen-bond acceptors (Lipinski definition) is 3. The van der Waals surface area contributed by atoms with Crippen molar-refractivity contribution in [1.82, 2.24) is 10.3 Å². The van der Waals surface area contributed by atoms with E-state index in [0.29, 0.717) is 21.6 Å². The molecule has 1 fully saturated rings. The number of rotatable bonds is 6. The van der Waals surface area contributed by atoms with Gasteiger partial charge < -0.3 is 5.32 Å². The first-order valence-electron chi connectivity index (χ1n) is 8.83. The van der Waals surface area contributed by atoms with Crippen LogP contribution in [0.5, 0.6) is 0 Å². The predicted molar refractivity (Wildman–Crippen MR) is 106 cm³/mol. The van der Waals surface area contributed by atoms with Crippen LogP contribution in [0.2, 0.25) is 5.02 Å². The van der Waals surface area contributed by atoms with E-state index in [0.717, 1.165) is 24.0 Å². The quantitative estimate of drug-likeness (QED) is 0.600. The molecule has 1 aliphatic rings. The minimum atomic E-state index is -0.294. The van der Waals surface area contributed by atoms with E-state index in [2.05, 4.69) is 10.3 Å². The number of nitrogens with one attached hydrogen (secondary N) is 1. The lowest BCUT2D eigenvalue weighted by molar-refractivity contribution is -0.121. The van der Waals surface area contributed by atoms with Gasteiger partial charge in [-0.1, -0.05) is 35.9 Å². The first kappa shape index (κ1) is 18.1. The topological polar surface area (TPSA) is 42.0 Å². The number of thiazole rings is 1. The van der Waals surface area contributed by atoms with Gasteiger partial charge in [0.15, 0.2) is 0 Å². The summed E-state index contributed by atoms with van der Waals surface area (Å²) in [6.45, 7) is 0. The molecule has 3 aromatic rings. The lowest BCUT2D eigenvalue weighted by Gasteiger charge is -2.18. The summed E-state index contributed by atoms with van der Waals surface area (Å²) in [6, 6.07) is 14.0. The van der Waals surface area contributed by atoms with Crippen molar-refractivity contribution in [2.45, 2.75) is 25.3 Å². The first-order chi connectivity index (χ1) is 13.1. The van der Waals surface area contributed by atoms with Crippen molar-refractivity contribution >= 4 is 28.8 Å². The maximum atomic E-state index is 13.4. The molecule has 0 bridgehead atoms. The standard InChI is InChI=1S/C21H18ClFN2OS/c22-16-8-6-14(7-9-16)20(13-4-5-13)25-19(26)11-18-12-27-21(24-18)15-2-1-3-17(23)10-15/h1-3,6-10,12-13,20H,4-5,11H2,(H,25,26)/t20-/m1/s1. The van der Waals surface area contributed by atoms with E-state index in [4.69, 9.17) is 11.6 Å². The molecule has 1 amide bonds. The van der Waals surface area contributed by atoms with Crippen molar-refractivity contribution in [2.24, 2.45) is 5.92 Å². The third kappa shape index (κ3) is 4.54. The average molecular weight is 401 g/mol. The molecule has 1 N–H and O–H groups in total. The molecule has 6 heteroatoms. The second-order valence-electron chi connectivity index (χ2n) is 6.77. The number of amides is 1. The van der Waals surface area contributed by atoms with Crippen LogP contribution >= 0.6 is 22.9 Å². The van der Waals surface area contributed by atoms with E-state index < -0.39 is 0 Å².